The van der Waals surface area contributed by atoms with Gasteiger partial charge >= 0.3 is 0 Å². The van der Waals surface area contributed by atoms with Crippen LogP contribution < -0.4 is 27.0 Å². The van der Waals surface area contributed by atoms with Crippen LogP contribution in [0.25, 0.3) is 0 Å². The van der Waals surface area contributed by atoms with E-state index in [4.69, 9.17) is 21.4 Å². The molecule has 7 N–H and O–H groups in total. The van der Waals surface area contributed by atoms with Gasteiger partial charge in [-0.1, -0.05) is 38.1 Å². The Morgan fingerprint density at radius 2 is 1.61 bits per heavy atom. The molecule has 0 unspecified atom stereocenters. The molecule has 214 valence electrons. The molecule has 11 nitrogen and oxygen atoms in total. The van der Waals surface area contributed by atoms with Crippen molar-refractivity contribution in [3.63, 3.8) is 0 Å². The molecule has 1 aliphatic rings. The van der Waals surface area contributed by atoms with Gasteiger partial charge in [-0.25, -0.2) is 9.97 Å². The van der Waals surface area contributed by atoms with Crippen molar-refractivity contribution >= 4 is 40.2 Å². The second kappa shape index (κ2) is 11.9. The first-order valence-electron chi connectivity index (χ1n) is 13.8. The lowest BCUT2D eigenvalue weighted by molar-refractivity contribution is 0.265. The normalized spacial score (nSPS) is 14.2. The largest absolute Gasteiger partial charge is 0.383 e. The minimum atomic E-state index is -0.117. The number of rotatable bonds is 9. The maximum absolute atomic E-state index is 8.95. The number of nitrogens with one attached hydrogen (secondary N) is 3. The molecule has 0 spiro atoms. The van der Waals surface area contributed by atoms with E-state index in [2.05, 4.69) is 68.5 Å². The molecule has 0 saturated carbocycles. The smallest absolute Gasteiger partial charge is 0.174 e. The van der Waals surface area contributed by atoms with Gasteiger partial charge in [0.1, 0.15) is 23.7 Å². The zero-order valence-electron chi connectivity index (χ0n) is 23.8. The van der Waals surface area contributed by atoms with Gasteiger partial charge in [-0.15, -0.1) is 0 Å². The topological polar surface area (TPSA) is 158 Å². The molecule has 0 radical (unpaired) electrons. The Hall–Kier alpha value is -4.48. The average molecular weight is 555 g/mol. The first-order chi connectivity index (χ1) is 19.7. The highest BCUT2D eigenvalue weighted by molar-refractivity contribution is 6.16. The average Bonchev–Trinajstić information content (AvgIpc) is 3.44. The van der Waals surface area contributed by atoms with Gasteiger partial charge < -0.3 is 31.5 Å². The summed E-state index contributed by atoms with van der Waals surface area (Å²) in [5.74, 6) is 2.17. The van der Waals surface area contributed by atoms with Crippen LogP contribution in [0.4, 0.5) is 34.5 Å². The maximum Gasteiger partial charge on any atom is 0.174 e. The van der Waals surface area contributed by atoms with Gasteiger partial charge in [0.25, 0.3) is 0 Å². The number of piperazine rings is 1. The molecule has 41 heavy (non-hydrogen) atoms. The summed E-state index contributed by atoms with van der Waals surface area (Å²) < 4.78 is 5.46. The predicted octanol–water partition coefficient (Wildman–Crippen LogP) is 4.33. The van der Waals surface area contributed by atoms with Crippen molar-refractivity contribution in [3.8, 4) is 0 Å². The lowest BCUT2D eigenvalue weighted by Crippen LogP contribution is -2.47. The first kappa shape index (κ1) is 28.1. The maximum atomic E-state index is 8.95. The van der Waals surface area contributed by atoms with E-state index in [1.165, 1.54) is 6.33 Å². The third-order valence-corrected chi connectivity index (χ3v) is 7.13. The summed E-state index contributed by atoms with van der Waals surface area (Å²) in [5, 5.41) is 19.6. The highest BCUT2D eigenvalue weighted by atomic mass is 16.5. The molecule has 0 bridgehead atoms. The Morgan fingerprint density at radius 1 is 0.951 bits per heavy atom. The number of nitrogen functional groups attached to an aromatic ring is 1. The van der Waals surface area contributed by atoms with Crippen LogP contribution in [0.15, 0.2) is 65.4 Å². The number of hydrogen-bond donors (Lipinski definition) is 5. The minimum absolute atomic E-state index is 0.117. The summed E-state index contributed by atoms with van der Waals surface area (Å²) in [6.45, 7) is 11.8. The molecule has 0 aliphatic carbocycles. The third kappa shape index (κ3) is 6.64. The lowest BCUT2D eigenvalue weighted by atomic mass is 9.93. The number of nitrogens with zero attached hydrogens (tertiary/aromatic N) is 5. The molecule has 1 fully saturated rings. The number of hydrogen-bond acceptors (Lipinski definition) is 11. The fourth-order valence-corrected chi connectivity index (χ4v) is 4.75. The van der Waals surface area contributed by atoms with Crippen molar-refractivity contribution in [1.29, 1.82) is 5.41 Å². The Labute approximate surface area is 240 Å². The number of aromatic nitrogens is 3. The summed E-state index contributed by atoms with van der Waals surface area (Å²) in [6, 6.07) is 17.6. The summed E-state index contributed by atoms with van der Waals surface area (Å²) in [6.07, 6.45) is 1.40. The van der Waals surface area contributed by atoms with Crippen molar-refractivity contribution in [2.45, 2.75) is 26.2 Å². The zero-order valence-corrected chi connectivity index (χ0v) is 23.8. The van der Waals surface area contributed by atoms with Crippen LogP contribution in [0.2, 0.25) is 0 Å². The lowest BCUT2D eigenvalue weighted by Gasteiger charge is -2.36. The summed E-state index contributed by atoms with van der Waals surface area (Å²) in [7, 11) is 0. The third-order valence-electron chi connectivity index (χ3n) is 7.13. The molecule has 1 aliphatic heterocycles. The number of anilines is 6. The van der Waals surface area contributed by atoms with Gasteiger partial charge in [0, 0.05) is 73.4 Å². The van der Waals surface area contributed by atoms with E-state index in [9.17, 15) is 0 Å². The highest BCUT2D eigenvalue weighted by Gasteiger charge is 2.21. The van der Waals surface area contributed by atoms with Gasteiger partial charge in [0.05, 0.1) is 11.3 Å². The minimum Gasteiger partial charge on any atom is -0.383 e. The van der Waals surface area contributed by atoms with Crippen LogP contribution in [0.1, 0.15) is 37.7 Å². The molecule has 3 heterocycles. The van der Waals surface area contributed by atoms with Crippen LogP contribution in [0, 0.1) is 5.41 Å². The van der Waals surface area contributed by atoms with Crippen LogP contribution in [0.5, 0.6) is 0 Å². The van der Waals surface area contributed by atoms with Crippen LogP contribution in [-0.4, -0.2) is 65.0 Å². The van der Waals surface area contributed by atoms with E-state index in [-0.39, 0.29) is 16.9 Å². The van der Waals surface area contributed by atoms with Gasteiger partial charge in [0.2, 0.25) is 0 Å². The van der Waals surface area contributed by atoms with E-state index in [0.29, 0.717) is 23.7 Å². The van der Waals surface area contributed by atoms with E-state index >= 15 is 0 Å². The first-order valence-corrected chi connectivity index (χ1v) is 13.8. The molecular formula is C30H38N10O. The molecule has 2 aromatic heterocycles. The number of nitrogens with two attached hydrogens (primary N) is 2. The number of benzene rings is 2. The highest BCUT2D eigenvalue weighted by Crippen LogP contribution is 2.29. The zero-order chi connectivity index (χ0) is 29.0. The van der Waals surface area contributed by atoms with Crippen molar-refractivity contribution in [2.75, 3.05) is 60.5 Å². The molecule has 5 rings (SSSR count). The second-order valence-corrected chi connectivity index (χ2v) is 11.2. The molecule has 2 aromatic carbocycles. The van der Waals surface area contributed by atoms with Crippen LogP contribution in [-0.2, 0) is 5.41 Å². The van der Waals surface area contributed by atoms with Crippen LogP contribution >= 0.6 is 0 Å². The molecule has 0 atom stereocenters. The molecule has 11 heteroatoms. The Balaban J connectivity index is 1.27. The van der Waals surface area contributed by atoms with E-state index in [1.54, 1.807) is 0 Å². The molecule has 0 amide bonds. The van der Waals surface area contributed by atoms with E-state index in [1.807, 2.05) is 42.5 Å². The second-order valence-electron chi connectivity index (χ2n) is 11.2. The summed E-state index contributed by atoms with van der Waals surface area (Å²) >= 11 is 0. The van der Waals surface area contributed by atoms with Crippen molar-refractivity contribution in [1.82, 2.24) is 20.0 Å². The fourth-order valence-electron chi connectivity index (χ4n) is 4.75. The molecule has 4 aromatic rings. The van der Waals surface area contributed by atoms with Gasteiger partial charge in [-0.2, -0.15) is 0 Å². The van der Waals surface area contributed by atoms with Gasteiger partial charge in [0.15, 0.2) is 5.82 Å². The predicted molar refractivity (Wildman–Crippen MR) is 165 cm³/mol. The summed E-state index contributed by atoms with van der Waals surface area (Å²) in [5.41, 5.74) is 16.1. The van der Waals surface area contributed by atoms with Crippen molar-refractivity contribution in [3.05, 3.63) is 77.8 Å². The Kier molecular flexibility index (Phi) is 8.18. The SMILES string of the molecule is CC(C)(C)c1cc(Nc2ccc(Nc3ncnc(N)c3C(=N)c3ccc(N4CCN(CCN)CC4)cc3)cc2)no1. The van der Waals surface area contributed by atoms with Gasteiger partial charge in [-0.05, 0) is 36.4 Å². The fraction of sp³-hybridized carbons (Fsp3) is 0.333. The Morgan fingerprint density at radius 3 is 2.22 bits per heavy atom. The monoisotopic (exact) mass is 554 g/mol. The van der Waals surface area contributed by atoms with E-state index < -0.39 is 0 Å². The van der Waals surface area contributed by atoms with Gasteiger partial charge in [-0.3, -0.25) is 10.3 Å². The standard InChI is InChI=1S/C30H38N10O/c1-30(2,3)24-18-25(38-41-24)36-21-6-8-22(9-7-21)37-29-26(28(33)34-19-35-29)27(32)20-4-10-23(11-5-20)40-16-14-39(13-12-31)15-17-40/h4-11,18-19,32H,12-17,31H2,1-3H3,(H,36,38)(H3,33,34,35,37). The van der Waals surface area contributed by atoms with Crippen LogP contribution in [0.3, 0.4) is 0 Å². The van der Waals surface area contributed by atoms with Crippen molar-refractivity contribution in [2.24, 2.45) is 5.73 Å². The summed E-state index contributed by atoms with van der Waals surface area (Å²) in [4.78, 5) is 13.3. The molecular weight excluding hydrogens is 516 g/mol. The quantitative estimate of drug-likeness (QED) is 0.189. The molecule has 1 saturated heterocycles. The van der Waals surface area contributed by atoms with Crippen molar-refractivity contribution < 1.29 is 4.52 Å². The Bertz CT molecular complexity index is 1470. The van der Waals surface area contributed by atoms with E-state index in [0.717, 1.165) is 61.1 Å².